The number of benzene rings is 2. The quantitative estimate of drug-likeness (QED) is 0.292. The Morgan fingerprint density at radius 2 is 1.94 bits per heavy atom. The van der Waals surface area contributed by atoms with Gasteiger partial charge in [-0.15, -0.1) is 24.0 Å². The molecule has 32 heavy (non-hydrogen) atoms. The summed E-state index contributed by atoms with van der Waals surface area (Å²) in [4.78, 5) is 8.54. The fourth-order valence-corrected chi connectivity index (χ4v) is 3.79. The van der Waals surface area contributed by atoms with Crippen LogP contribution in [0.25, 0.3) is 0 Å². The topological polar surface area (TPSA) is 52.1 Å². The van der Waals surface area contributed by atoms with Crippen molar-refractivity contribution < 1.29 is 13.5 Å². The Bertz CT molecular complexity index is 881. The maximum atomic E-state index is 12.7. The molecular formula is C23H32F2IN5O. The number of nitrogens with zero attached hydrogens (tertiary/aromatic N) is 3. The predicted molar refractivity (Wildman–Crippen MR) is 136 cm³/mol. The van der Waals surface area contributed by atoms with Crippen molar-refractivity contribution in [3.63, 3.8) is 0 Å². The lowest BCUT2D eigenvalue weighted by Gasteiger charge is -2.22. The second-order valence-corrected chi connectivity index (χ2v) is 7.91. The Morgan fingerprint density at radius 1 is 1.19 bits per heavy atom. The van der Waals surface area contributed by atoms with Crippen LogP contribution in [-0.2, 0) is 13.1 Å². The fraction of sp³-hybridized carbons (Fsp3) is 0.435. The molecule has 1 atom stereocenters. The van der Waals surface area contributed by atoms with Crippen molar-refractivity contribution in [2.24, 2.45) is 4.99 Å². The van der Waals surface area contributed by atoms with E-state index < -0.39 is 6.61 Å². The van der Waals surface area contributed by atoms with Crippen LogP contribution in [0.5, 0.6) is 5.75 Å². The van der Waals surface area contributed by atoms with E-state index in [1.165, 1.54) is 11.1 Å². The highest BCUT2D eigenvalue weighted by atomic mass is 127. The lowest BCUT2D eigenvalue weighted by molar-refractivity contribution is -0.0495. The second kappa shape index (κ2) is 12.8. The number of hydrogen-bond acceptors (Lipinski definition) is 4. The molecule has 0 amide bonds. The van der Waals surface area contributed by atoms with E-state index in [1.807, 2.05) is 12.1 Å². The van der Waals surface area contributed by atoms with E-state index in [9.17, 15) is 8.78 Å². The molecule has 0 aromatic heterocycles. The lowest BCUT2D eigenvalue weighted by Crippen LogP contribution is -2.44. The van der Waals surface area contributed by atoms with E-state index in [1.54, 1.807) is 19.2 Å². The molecule has 0 radical (unpaired) electrons. The first-order chi connectivity index (χ1) is 14.9. The number of rotatable bonds is 8. The molecule has 0 saturated carbocycles. The van der Waals surface area contributed by atoms with Crippen molar-refractivity contribution in [1.82, 2.24) is 15.5 Å². The molecule has 1 unspecified atom stereocenters. The van der Waals surface area contributed by atoms with Crippen LogP contribution in [-0.4, -0.2) is 57.7 Å². The summed E-state index contributed by atoms with van der Waals surface area (Å²) in [6.45, 7) is 0.169. The Hall–Kier alpha value is -2.14. The molecule has 0 spiro atoms. The van der Waals surface area contributed by atoms with Gasteiger partial charge in [0.2, 0.25) is 0 Å². The molecule has 9 heteroatoms. The Kier molecular flexibility index (Phi) is 10.4. The van der Waals surface area contributed by atoms with Gasteiger partial charge in [-0.05, 0) is 43.8 Å². The monoisotopic (exact) mass is 559 g/mol. The highest BCUT2D eigenvalue weighted by Crippen LogP contribution is 2.31. The third kappa shape index (κ3) is 7.77. The molecule has 3 rings (SSSR count). The summed E-state index contributed by atoms with van der Waals surface area (Å²) in [5.41, 5.74) is 3.14. The minimum atomic E-state index is -2.84. The van der Waals surface area contributed by atoms with E-state index in [4.69, 9.17) is 0 Å². The number of nitrogens with one attached hydrogen (secondary N) is 2. The number of anilines is 1. The van der Waals surface area contributed by atoms with Gasteiger partial charge in [0.05, 0.1) is 5.69 Å². The number of ether oxygens (including phenoxy) is 1. The van der Waals surface area contributed by atoms with Crippen LogP contribution in [0, 0.1) is 0 Å². The minimum Gasteiger partial charge on any atom is -0.433 e. The van der Waals surface area contributed by atoms with Crippen LogP contribution in [0.4, 0.5) is 14.5 Å². The maximum absolute atomic E-state index is 12.7. The lowest BCUT2D eigenvalue weighted by atomic mass is 10.1. The average molecular weight is 559 g/mol. The van der Waals surface area contributed by atoms with Crippen LogP contribution >= 0.6 is 24.0 Å². The number of halogens is 3. The van der Waals surface area contributed by atoms with Gasteiger partial charge in [-0.2, -0.15) is 8.78 Å². The van der Waals surface area contributed by atoms with Crippen molar-refractivity contribution in [2.75, 3.05) is 39.1 Å². The van der Waals surface area contributed by atoms with Crippen LogP contribution in [0.15, 0.2) is 53.5 Å². The Morgan fingerprint density at radius 3 is 2.66 bits per heavy atom. The zero-order chi connectivity index (χ0) is 22.2. The summed E-state index contributed by atoms with van der Waals surface area (Å²) in [7, 11) is 5.86. The van der Waals surface area contributed by atoms with E-state index in [2.05, 4.69) is 68.5 Å². The van der Waals surface area contributed by atoms with E-state index in [-0.39, 0.29) is 35.8 Å². The van der Waals surface area contributed by atoms with E-state index in [0.29, 0.717) is 18.8 Å². The summed E-state index contributed by atoms with van der Waals surface area (Å²) in [6.07, 6.45) is 0.877. The summed E-state index contributed by atoms with van der Waals surface area (Å²) in [5, 5.41) is 6.81. The number of para-hydroxylation sites is 2. The second-order valence-electron chi connectivity index (χ2n) is 7.91. The molecule has 2 aromatic carbocycles. The molecule has 0 aliphatic carbocycles. The standard InChI is InChI=1S/C23H31F2N5O.HI/c1-26-23(27-14-17-7-6-8-18(13-17)15-29(2)3)28-19-11-12-30(16-19)20-9-4-5-10-21(20)31-22(24)25;/h4-10,13,19,22H,11-12,14-16H2,1-3H3,(H2,26,27,28);1H. The third-order valence-electron chi connectivity index (χ3n) is 5.12. The summed E-state index contributed by atoms with van der Waals surface area (Å²) in [6, 6.07) is 15.6. The molecule has 176 valence electrons. The first-order valence-electron chi connectivity index (χ1n) is 10.4. The summed E-state index contributed by atoms with van der Waals surface area (Å²) in [5.74, 6) is 0.931. The van der Waals surface area contributed by atoms with Crippen molar-refractivity contribution in [1.29, 1.82) is 0 Å². The van der Waals surface area contributed by atoms with Crippen LogP contribution in [0.3, 0.4) is 0 Å². The average Bonchev–Trinajstić information content (AvgIpc) is 3.19. The number of guanidine groups is 1. The third-order valence-corrected chi connectivity index (χ3v) is 5.12. The SMILES string of the molecule is CN=C(NCc1cccc(CN(C)C)c1)NC1CCN(c2ccccc2OC(F)F)C1.I. The van der Waals surface area contributed by atoms with E-state index in [0.717, 1.165) is 25.5 Å². The molecule has 1 aliphatic rings. The van der Waals surface area contributed by atoms with Gasteiger partial charge in [0.15, 0.2) is 5.96 Å². The highest BCUT2D eigenvalue weighted by Gasteiger charge is 2.26. The molecule has 0 bridgehead atoms. The molecular weight excluding hydrogens is 527 g/mol. The van der Waals surface area contributed by atoms with Crippen molar-refractivity contribution in [2.45, 2.75) is 32.2 Å². The number of hydrogen-bond donors (Lipinski definition) is 2. The summed E-state index contributed by atoms with van der Waals surface area (Å²) < 4.78 is 30.1. The molecule has 2 aromatic rings. The van der Waals surface area contributed by atoms with Gasteiger partial charge in [-0.25, -0.2) is 0 Å². The zero-order valence-corrected chi connectivity index (χ0v) is 21.1. The molecule has 1 fully saturated rings. The van der Waals surface area contributed by atoms with Crippen LogP contribution in [0.2, 0.25) is 0 Å². The molecule has 1 aliphatic heterocycles. The number of alkyl halides is 2. The first kappa shape index (κ1) is 26.1. The Labute approximate surface area is 206 Å². The van der Waals surface area contributed by atoms with Crippen LogP contribution < -0.4 is 20.3 Å². The largest absolute Gasteiger partial charge is 0.433 e. The van der Waals surface area contributed by atoms with Gasteiger partial charge < -0.3 is 25.2 Å². The van der Waals surface area contributed by atoms with Crippen molar-refractivity contribution in [3.05, 3.63) is 59.7 Å². The molecule has 6 nitrogen and oxygen atoms in total. The maximum Gasteiger partial charge on any atom is 0.387 e. The normalized spacial score (nSPS) is 16.3. The fourth-order valence-electron chi connectivity index (χ4n) is 3.79. The summed E-state index contributed by atoms with van der Waals surface area (Å²) >= 11 is 0. The zero-order valence-electron chi connectivity index (χ0n) is 18.7. The van der Waals surface area contributed by atoms with Gasteiger partial charge >= 0.3 is 6.61 Å². The predicted octanol–water partition coefficient (Wildman–Crippen LogP) is 3.91. The van der Waals surface area contributed by atoms with Gasteiger partial charge in [-0.1, -0.05) is 36.4 Å². The minimum absolute atomic E-state index is 0. The van der Waals surface area contributed by atoms with E-state index >= 15 is 0 Å². The molecule has 1 heterocycles. The van der Waals surface area contributed by atoms with Gasteiger partial charge in [0, 0.05) is 39.3 Å². The van der Waals surface area contributed by atoms with Crippen molar-refractivity contribution in [3.8, 4) is 5.75 Å². The highest BCUT2D eigenvalue weighted by molar-refractivity contribution is 14.0. The first-order valence-corrected chi connectivity index (χ1v) is 10.4. The molecule has 1 saturated heterocycles. The van der Waals surface area contributed by atoms with Gasteiger partial charge in [-0.3, -0.25) is 4.99 Å². The number of aliphatic imine (C=N–C) groups is 1. The van der Waals surface area contributed by atoms with Gasteiger partial charge in [0.25, 0.3) is 0 Å². The molecule has 2 N–H and O–H groups in total. The Balaban J connectivity index is 0.00000363. The smallest absolute Gasteiger partial charge is 0.387 e. The van der Waals surface area contributed by atoms with Gasteiger partial charge in [0.1, 0.15) is 5.75 Å². The van der Waals surface area contributed by atoms with Crippen molar-refractivity contribution >= 4 is 35.6 Å². The van der Waals surface area contributed by atoms with Crippen LogP contribution in [0.1, 0.15) is 17.5 Å².